The Morgan fingerprint density at radius 3 is 2.80 bits per heavy atom. The fraction of sp³-hybridized carbons (Fsp3) is 0.625. The second-order valence-corrected chi connectivity index (χ2v) is 9.31. The van der Waals surface area contributed by atoms with Crippen LogP contribution in [-0.4, -0.2) is 64.2 Å². The maximum Gasteiger partial charge on any atom is 0.272 e. The summed E-state index contributed by atoms with van der Waals surface area (Å²) in [5, 5.41) is 2.97. The Morgan fingerprint density at radius 1 is 1.24 bits per heavy atom. The smallest absolute Gasteiger partial charge is 0.272 e. The lowest BCUT2D eigenvalue weighted by atomic mass is 9.95. The second kappa shape index (κ2) is 5.93. The van der Waals surface area contributed by atoms with Gasteiger partial charge in [0.15, 0.2) is 5.65 Å². The van der Waals surface area contributed by atoms with Gasteiger partial charge in [0, 0.05) is 50.0 Å². The van der Waals surface area contributed by atoms with Gasteiger partial charge in [-0.15, -0.1) is 0 Å². The largest absolute Gasteiger partial charge is 0.294 e. The summed E-state index contributed by atoms with van der Waals surface area (Å²) < 4.78 is 27.0. The predicted molar refractivity (Wildman–Crippen MR) is 93.9 cm³/mol. The van der Waals surface area contributed by atoms with E-state index in [0.29, 0.717) is 31.2 Å². The zero-order valence-electron chi connectivity index (χ0n) is 14.5. The van der Waals surface area contributed by atoms with Gasteiger partial charge in [-0.3, -0.25) is 14.8 Å². The minimum atomic E-state index is -3.17. The van der Waals surface area contributed by atoms with E-state index in [-0.39, 0.29) is 11.6 Å². The zero-order chi connectivity index (χ0) is 17.8. The Kier molecular flexibility index (Phi) is 3.97. The Balaban J connectivity index is 1.60. The van der Waals surface area contributed by atoms with Crippen LogP contribution in [0.15, 0.2) is 16.9 Å². The van der Waals surface area contributed by atoms with E-state index in [4.69, 9.17) is 0 Å². The van der Waals surface area contributed by atoms with Crippen LogP contribution in [0, 0.1) is 12.8 Å². The summed E-state index contributed by atoms with van der Waals surface area (Å²) in [6.45, 7) is 4.44. The molecule has 2 atom stereocenters. The van der Waals surface area contributed by atoms with Crippen LogP contribution in [0.4, 0.5) is 0 Å². The molecule has 2 aromatic heterocycles. The number of aryl methyl sites for hydroxylation is 1. The first-order valence-electron chi connectivity index (χ1n) is 8.57. The molecule has 2 aromatic rings. The van der Waals surface area contributed by atoms with Crippen molar-refractivity contribution in [2.45, 2.75) is 32.4 Å². The van der Waals surface area contributed by atoms with Crippen LogP contribution in [0.5, 0.6) is 0 Å². The van der Waals surface area contributed by atoms with E-state index in [2.05, 4.69) is 15.0 Å². The molecule has 136 valence electrons. The van der Waals surface area contributed by atoms with Crippen molar-refractivity contribution in [2.75, 3.05) is 25.9 Å². The lowest BCUT2D eigenvalue weighted by Gasteiger charge is -2.35. The monoisotopic (exact) mass is 365 g/mol. The Morgan fingerprint density at radius 2 is 2.04 bits per heavy atom. The molecule has 1 N–H and O–H groups in total. The first-order valence-corrected chi connectivity index (χ1v) is 10.4. The molecule has 3 aliphatic rings. The molecule has 3 aliphatic heterocycles. The maximum absolute atomic E-state index is 12.3. The Bertz CT molecular complexity index is 964. The van der Waals surface area contributed by atoms with E-state index < -0.39 is 10.0 Å². The molecule has 2 bridgehead atoms. The number of H-pyrrole nitrogens is 1. The van der Waals surface area contributed by atoms with Crippen molar-refractivity contribution in [3.8, 4) is 0 Å². The first-order chi connectivity index (χ1) is 11.8. The minimum Gasteiger partial charge on any atom is -0.294 e. The van der Waals surface area contributed by atoms with Crippen molar-refractivity contribution in [1.29, 1.82) is 0 Å². The zero-order valence-corrected chi connectivity index (χ0v) is 15.3. The molecule has 0 spiro atoms. The number of aromatic nitrogens is 3. The van der Waals surface area contributed by atoms with Gasteiger partial charge in [0.2, 0.25) is 10.0 Å². The molecule has 0 unspecified atom stereocenters. The average Bonchev–Trinajstić information content (AvgIpc) is 2.69. The van der Waals surface area contributed by atoms with Crippen molar-refractivity contribution in [1.82, 2.24) is 23.8 Å². The van der Waals surface area contributed by atoms with Gasteiger partial charge in [-0.1, -0.05) is 0 Å². The molecule has 0 amide bonds. The van der Waals surface area contributed by atoms with E-state index in [1.54, 1.807) is 10.4 Å². The highest BCUT2D eigenvalue weighted by atomic mass is 32.2. The van der Waals surface area contributed by atoms with Gasteiger partial charge in [0.25, 0.3) is 5.56 Å². The molecule has 25 heavy (non-hydrogen) atoms. The molecule has 0 saturated carbocycles. The number of hydrogen-bond acceptors (Lipinski definition) is 5. The predicted octanol–water partition coefficient (Wildman–Crippen LogP) is 0.187. The van der Waals surface area contributed by atoms with Crippen molar-refractivity contribution in [3.63, 3.8) is 0 Å². The Labute approximate surface area is 146 Å². The lowest BCUT2D eigenvalue weighted by Crippen LogP contribution is -2.44. The number of sulfonamides is 1. The van der Waals surface area contributed by atoms with Crippen molar-refractivity contribution in [2.24, 2.45) is 5.92 Å². The molecule has 0 aliphatic carbocycles. The van der Waals surface area contributed by atoms with E-state index in [1.165, 1.54) is 10.8 Å². The maximum atomic E-state index is 12.3. The van der Waals surface area contributed by atoms with Crippen LogP contribution in [0.2, 0.25) is 0 Å². The fourth-order valence-electron chi connectivity index (χ4n) is 4.05. The number of piperidine rings is 1. The van der Waals surface area contributed by atoms with Crippen LogP contribution < -0.4 is 5.56 Å². The summed E-state index contributed by atoms with van der Waals surface area (Å²) >= 11 is 0. The highest BCUT2D eigenvalue weighted by Gasteiger charge is 2.37. The highest BCUT2D eigenvalue weighted by molar-refractivity contribution is 7.88. The van der Waals surface area contributed by atoms with Crippen LogP contribution in [0.3, 0.4) is 0 Å². The van der Waals surface area contributed by atoms with E-state index in [1.807, 2.05) is 13.0 Å². The van der Waals surface area contributed by atoms with Gasteiger partial charge >= 0.3 is 0 Å². The number of nitrogens with zero attached hydrogens (tertiary/aromatic N) is 4. The summed E-state index contributed by atoms with van der Waals surface area (Å²) in [6.07, 6.45) is 3.33. The summed E-state index contributed by atoms with van der Waals surface area (Å²) in [5.74, 6) is 0.341. The van der Waals surface area contributed by atoms with Gasteiger partial charge in [-0.05, 0) is 25.7 Å². The van der Waals surface area contributed by atoms with Gasteiger partial charge in [0.1, 0.15) is 0 Å². The fourth-order valence-corrected chi connectivity index (χ4v) is 4.97. The van der Waals surface area contributed by atoms with Gasteiger partial charge in [-0.25, -0.2) is 22.2 Å². The normalized spacial score (nSPS) is 25.5. The van der Waals surface area contributed by atoms with Crippen LogP contribution in [-0.2, 0) is 16.6 Å². The Hall–Kier alpha value is -1.71. The molecular formula is C16H23N5O3S. The first kappa shape index (κ1) is 16.7. The van der Waals surface area contributed by atoms with E-state index in [0.717, 1.165) is 30.8 Å². The summed E-state index contributed by atoms with van der Waals surface area (Å²) in [7, 11) is -3.17. The van der Waals surface area contributed by atoms with Crippen LogP contribution in [0.1, 0.15) is 24.2 Å². The summed E-state index contributed by atoms with van der Waals surface area (Å²) in [5.41, 5.74) is 2.13. The second-order valence-electron chi connectivity index (χ2n) is 7.33. The number of hydrogen-bond donors (Lipinski definition) is 1. The number of fused-ring (bicyclic) bond motifs is 5. The molecule has 5 heterocycles. The van der Waals surface area contributed by atoms with E-state index >= 15 is 0 Å². The molecule has 9 heteroatoms. The SMILES string of the molecule is Cc1cc2nc(CN3C[C@H]4CC[C@@H]3CN(S(C)(=O)=O)C4)cc(=O)n2[nH]1. The number of nitrogens with one attached hydrogen (secondary N) is 1. The molecule has 3 fully saturated rings. The van der Waals surface area contributed by atoms with Crippen molar-refractivity contribution >= 4 is 15.7 Å². The molecule has 8 nitrogen and oxygen atoms in total. The minimum absolute atomic E-state index is 0.120. The molecule has 3 saturated heterocycles. The van der Waals surface area contributed by atoms with E-state index in [9.17, 15) is 13.2 Å². The number of aromatic amines is 1. The van der Waals surface area contributed by atoms with Crippen LogP contribution >= 0.6 is 0 Å². The lowest BCUT2D eigenvalue weighted by molar-refractivity contribution is 0.124. The third-order valence-corrected chi connectivity index (χ3v) is 6.50. The summed E-state index contributed by atoms with van der Waals surface area (Å²) in [6, 6.07) is 3.60. The quantitative estimate of drug-likeness (QED) is 0.838. The third-order valence-electron chi connectivity index (χ3n) is 5.26. The van der Waals surface area contributed by atoms with Crippen molar-refractivity contribution in [3.05, 3.63) is 33.9 Å². The topological polar surface area (TPSA) is 90.8 Å². The number of rotatable bonds is 3. The highest BCUT2D eigenvalue weighted by Crippen LogP contribution is 2.29. The van der Waals surface area contributed by atoms with Crippen LogP contribution in [0.25, 0.3) is 5.65 Å². The average molecular weight is 365 g/mol. The third kappa shape index (κ3) is 3.23. The summed E-state index contributed by atoms with van der Waals surface area (Å²) in [4.78, 5) is 19.1. The molecule has 5 rings (SSSR count). The molecule has 0 radical (unpaired) electrons. The standard InChI is InChI=1S/C16H23N5O3S/c1-11-5-15-17-13(6-16(22)21(15)18-11)9-19-7-12-3-4-14(19)10-20(8-12)25(2,23)24/h5-6,12,14,18H,3-4,7-10H2,1-2H3/t12-,14-/m1/s1. The molecule has 0 aromatic carbocycles. The van der Waals surface area contributed by atoms with Crippen molar-refractivity contribution < 1.29 is 8.42 Å². The van der Waals surface area contributed by atoms with Gasteiger partial charge in [0.05, 0.1) is 11.9 Å². The molecular weight excluding hydrogens is 342 g/mol. The van der Waals surface area contributed by atoms with Gasteiger partial charge in [-0.2, -0.15) is 0 Å². The van der Waals surface area contributed by atoms with Gasteiger partial charge < -0.3 is 0 Å².